The van der Waals surface area contributed by atoms with E-state index in [2.05, 4.69) is 26.1 Å². The number of hydrogen-bond acceptors (Lipinski definition) is 4. The number of ether oxygens (including phenoxy) is 1. The minimum atomic E-state index is -1.18. The van der Waals surface area contributed by atoms with Gasteiger partial charge in [-0.15, -0.1) is 0 Å². The van der Waals surface area contributed by atoms with Crippen LogP contribution >= 0.6 is 0 Å². The van der Waals surface area contributed by atoms with Crippen LogP contribution < -0.4 is 5.32 Å². The summed E-state index contributed by atoms with van der Waals surface area (Å²) in [6.07, 6.45) is -0.0278. The summed E-state index contributed by atoms with van der Waals surface area (Å²) in [5, 5.41) is 11.8. The van der Waals surface area contributed by atoms with Gasteiger partial charge in [0, 0.05) is 5.56 Å². The summed E-state index contributed by atoms with van der Waals surface area (Å²) in [4.78, 5) is 35.4. The first kappa shape index (κ1) is 20.7. The molecule has 6 nitrogen and oxygen atoms in total. The van der Waals surface area contributed by atoms with Gasteiger partial charge in [0.25, 0.3) is 5.91 Å². The third-order valence-corrected chi connectivity index (χ3v) is 3.89. The Kier molecular flexibility index (Phi) is 7.15. The lowest BCUT2D eigenvalue weighted by molar-refractivity contribution is -0.148. The van der Waals surface area contributed by atoms with E-state index < -0.39 is 29.8 Å². The molecule has 0 aliphatic rings. The van der Waals surface area contributed by atoms with Gasteiger partial charge in [0.1, 0.15) is 6.04 Å². The highest BCUT2D eigenvalue weighted by Gasteiger charge is 2.27. The number of aliphatic carboxylic acids is 1. The number of carbonyl (C=O) groups is 3. The molecule has 0 saturated carbocycles. The first-order chi connectivity index (χ1) is 11.6. The van der Waals surface area contributed by atoms with E-state index in [-0.39, 0.29) is 18.4 Å². The second kappa shape index (κ2) is 8.65. The van der Waals surface area contributed by atoms with Crippen LogP contribution in [0.25, 0.3) is 0 Å². The summed E-state index contributed by atoms with van der Waals surface area (Å²) < 4.78 is 4.87. The summed E-state index contributed by atoms with van der Waals surface area (Å²) in [7, 11) is 0. The number of esters is 1. The molecule has 25 heavy (non-hydrogen) atoms. The van der Waals surface area contributed by atoms with Gasteiger partial charge < -0.3 is 15.2 Å². The van der Waals surface area contributed by atoms with E-state index in [1.54, 1.807) is 26.0 Å². The Morgan fingerprint density at radius 1 is 1.16 bits per heavy atom. The first-order valence-corrected chi connectivity index (χ1v) is 8.37. The van der Waals surface area contributed by atoms with Gasteiger partial charge in [0.2, 0.25) is 0 Å². The molecule has 0 aliphatic heterocycles. The molecular weight excluding hydrogens is 322 g/mol. The fraction of sp³-hybridized carbons (Fsp3) is 0.526. The number of carboxylic acid groups (broad SMARTS) is 1. The standard InChI is InChI=1S/C19H27NO5/c1-6-25-18(24)12(2)11-15(17(22)23)20-16(21)13-7-9-14(10-8-13)19(3,4)5/h7-10,12,15H,6,11H2,1-5H3,(H,20,21)(H,22,23)/t12-,15-/m1/s1. The highest BCUT2D eigenvalue weighted by molar-refractivity contribution is 5.96. The van der Waals surface area contributed by atoms with Crippen LogP contribution in [0, 0.1) is 5.92 Å². The Balaban J connectivity index is 2.79. The van der Waals surface area contributed by atoms with E-state index in [9.17, 15) is 19.5 Å². The minimum Gasteiger partial charge on any atom is -0.480 e. The van der Waals surface area contributed by atoms with E-state index in [1.807, 2.05) is 12.1 Å². The van der Waals surface area contributed by atoms with E-state index >= 15 is 0 Å². The monoisotopic (exact) mass is 349 g/mol. The first-order valence-electron chi connectivity index (χ1n) is 8.37. The van der Waals surface area contributed by atoms with Crippen molar-refractivity contribution >= 4 is 17.8 Å². The van der Waals surface area contributed by atoms with Crippen molar-refractivity contribution in [2.24, 2.45) is 5.92 Å². The maximum absolute atomic E-state index is 12.3. The number of carbonyl (C=O) groups excluding carboxylic acids is 2. The third kappa shape index (κ3) is 6.21. The average molecular weight is 349 g/mol. The van der Waals surface area contributed by atoms with Gasteiger partial charge in [-0.1, -0.05) is 39.8 Å². The van der Waals surface area contributed by atoms with Crippen LogP contribution in [0.5, 0.6) is 0 Å². The number of hydrogen-bond donors (Lipinski definition) is 2. The molecule has 0 radical (unpaired) electrons. The molecule has 0 saturated heterocycles. The van der Waals surface area contributed by atoms with Crippen molar-refractivity contribution in [2.75, 3.05) is 6.61 Å². The van der Waals surface area contributed by atoms with Gasteiger partial charge in [-0.2, -0.15) is 0 Å². The van der Waals surface area contributed by atoms with Crippen LogP contribution in [0.3, 0.4) is 0 Å². The van der Waals surface area contributed by atoms with E-state index in [0.29, 0.717) is 5.56 Å². The third-order valence-electron chi connectivity index (χ3n) is 3.89. The molecule has 0 aromatic heterocycles. The van der Waals surface area contributed by atoms with Crippen LogP contribution in [0.1, 0.15) is 57.0 Å². The molecule has 1 rings (SSSR count). The molecule has 0 unspecified atom stereocenters. The lowest BCUT2D eigenvalue weighted by Crippen LogP contribution is -2.42. The SMILES string of the molecule is CCOC(=O)[C@H](C)C[C@@H](NC(=O)c1ccc(C(C)(C)C)cc1)C(=O)O. The molecule has 2 atom stereocenters. The number of amides is 1. The van der Waals surface area contributed by atoms with Crippen LogP contribution in [0.4, 0.5) is 0 Å². The molecule has 1 amide bonds. The Labute approximate surface area is 148 Å². The Morgan fingerprint density at radius 3 is 2.16 bits per heavy atom. The van der Waals surface area contributed by atoms with Crippen molar-refractivity contribution in [1.82, 2.24) is 5.32 Å². The zero-order valence-electron chi connectivity index (χ0n) is 15.5. The van der Waals surface area contributed by atoms with Crippen molar-refractivity contribution in [3.8, 4) is 0 Å². The maximum atomic E-state index is 12.3. The summed E-state index contributed by atoms with van der Waals surface area (Å²) in [5.41, 5.74) is 1.42. The van der Waals surface area contributed by atoms with Gasteiger partial charge in [-0.25, -0.2) is 4.79 Å². The van der Waals surface area contributed by atoms with Crippen molar-refractivity contribution in [2.45, 2.75) is 52.5 Å². The molecule has 0 heterocycles. The highest BCUT2D eigenvalue weighted by atomic mass is 16.5. The van der Waals surface area contributed by atoms with E-state index in [4.69, 9.17) is 4.74 Å². The predicted molar refractivity (Wildman–Crippen MR) is 94.4 cm³/mol. The zero-order valence-corrected chi connectivity index (χ0v) is 15.5. The van der Waals surface area contributed by atoms with E-state index in [1.165, 1.54) is 0 Å². The smallest absolute Gasteiger partial charge is 0.326 e. The largest absolute Gasteiger partial charge is 0.480 e. The normalized spacial score (nSPS) is 13.6. The number of rotatable bonds is 7. The molecule has 0 bridgehead atoms. The lowest BCUT2D eigenvalue weighted by Gasteiger charge is -2.20. The molecular formula is C19H27NO5. The number of benzene rings is 1. The van der Waals surface area contributed by atoms with Crippen molar-refractivity contribution in [3.63, 3.8) is 0 Å². The molecule has 0 spiro atoms. The Bertz CT molecular complexity index is 616. The summed E-state index contributed by atoms with van der Waals surface area (Å²) in [5.74, 6) is -2.76. The van der Waals surface area contributed by atoms with Crippen LogP contribution in [0.2, 0.25) is 0 Å². The molecule has 1 aromatic rings. The fourth-order valence-electron chi connectivity index (χ4n) is 2.32. The number of carboxylic acids is 1. The van der Waals surface area contributed by atoms with Gasteiger partial charge in [-0.05, 0) is 36.5 Å². The van der Waals surface area contributed by atoms with Gasteiger partial charge in [0.15, 0.2) is 0 Å². The molecule has 138 valence electrons. The molecule has 0 aliphatic carbocycles. The van der Waals surface area contributed by atoms with Gasteiger partial charge in [-0.3, -0.25) is 9.59 Å². The predicted octanol–water partition coefficient (Wildman–Crippen LogP) is 2.76. The van der Waals surface area contributed by atoms with Crippen LogP contribution in [-0.2, 0) is 19.7 Å². The molecule has 6 heteroatoms. The van der Waals surface area contributed by atoms with E-state index in [0.717, 1.165) is 5.56 Å². The molecule has 1 aromatic carbocycles. The van der Waals surface area contributed by atoms with Crippen molar-refractivity contribution in [1.29, 1.82) is 0 Å². The molecule has 2 N–H and O–H groups in total. The Hall–Kier alpha value is -2.37. The van der Waals surface area contributed by atoms with Crippen molar-refractivity contribution < 1.29 is 24.2 Å². The Morgan fingerprint density at radius 2 is 1.72 bits per heavy atom. The second-order valence-corrected chi connectivity index (χ2v) is 7.08. The fourth-order valence-corrected chi connectivity index (χ4v) is 2.32. The average Bonchev–Trinajstić information content (AvgIpc) is 2.53. The van der Waals surface area contributed by atoms with Crippen LogP contribution in [-0.4, -0.2) is 35.6 Å². The van der Waals surface area contributed by atoms with Gasteiger partial charge >= 0.3 is 11.9 Å². The summed E-state index contributed by atoms with van der Waals surface area (Å²) in [6, 6.07) is 5.89. The summed E-state index contributed by atoms with van der Waals surface area (Å²) >= 11 is 0. The van der Waals surface area contributed by atoms with Crippen molar-refractivity contribution in [3.05, 3.63) is 35.4 Å². The highest BCUT2D eigenvalue weighted by Crippen LogP contribution is 2.22. The number of nitrogens with one attached hydrogen (secondary N) is 1. The minimum absolute atomic E-state index is 0.0278. The lowest BCUT2D eigenvalue weighted by atomic mass is 9.86. The maximum Gasteiger partial charge on any atom is 0.326 e. The van der Waals surface area contributed by atoms with Gasteiger partial charge in [0.05, 0.1) is 12.5 Å². The zero-order chi connectivity index (χ0) is 19.2. The topological polar surface area (TPSA) is 92.7 Å². The summed E-state index contributed by atoms with van der Waals surface area (Å²) in [6.45, 7) is 9.70. The quantitative estimate of drug-likeness (QED) is 0.738. The second-order valence-electron chi connectivity index (χ2n) is 7.08. The molecule has 0 fully saturated rings. The van der Waals surface area contributed by atoms with Crippen LogP contribution in [0.15, 0.2) is 24.3 Å².